The highest BCUT2D eigenvalue weighted by molar-refractivity contribution is 6.35. The molecule has 0 spiro atoms. The lowest BCUT2D eigenvalue weighted by atomic mass is 9.98. The van der Waals surface area contributed by atoms with Crippen molar-refractivity contribution >= 4 is 34.8 Å². The van der Waals surface area contributed by atoms with E-state index in [2.05, 4.69) is 5.32 Å². The predicted molar refractivity (Wildman–Crippen MR) is 68.8 cm³/mol. The first-order valence-corrected chi connectivity index (χ1v) is 5.82. The summed E-state index contributed by atoms with van der Waals surface area (Å²) < 4.78 is 0. The van der Waals surface area contributed by atoms with Crippen LogP contribution in [0.15, 0.2) is 18.2 Å². The zero-order valence-electron chi connectivity index (χ0n) is 9.52. The van der Waals surface area contributed by atoms with Crippen molar-refractivity contribution in [3.8, 4) is 0 Å². The maximum atomic E-state index is 11.7. The number of nitrogens with one attached hydrogen (secondary N) is 1. The molecule has 0 aromatic heterocycles. The molecule has 1 rings (SSSR count). The van der Waals surface area contributed by atoms with Crippen molar-refractivity contribution in [2.75, 3.05) is 11.9 Å². The van der Waals surface area contributed by atoms with E-state index in [0.717, 1.165) is 6.92 Å². The van der Waals surface area contributed by atoms with Crippen LogP contribution in [0.5, 0.6) is 0 Å². The van der Waals surface area contributed by atoms with Crippen LogP contribution in [0.3, 0.4) is 0 Å². The highest BCUT2D eigenvalue weighted by atomic mass is 35.5. The smallest absolute Gasteiger partial charge is 0.258 e. The number of carbonyl (C=O) groups is 1. The van der Waals surface area contributed by atoms with Gasteiger partial charge in [-0.1, -0.05) is 23.2 Å². The van der Waals surface area contributed by atoms with Crippen molar-refractivity contribution in [2.45, 2.75) is 18.6 Å². The van der Waals surface area contributed by atoms with Crippen LogP contribution in [0.1, 0.15) is 6.92 Å². The Hall–Kier alpha value is -0.850. The zero-order valence-corrected chi connectivity index (χ0v) is 11.0. The van der Waals surface area contributed by atoms with E-state index in [-0.39, 0.29) is 5.69 Å². The fourth-order valence-corrected chi connectivity index (χ4v) is 1.74. The van der Waals surface area contributed by atoms with Gasteiger partial charge in [0, 0.05) is 15.7 Å². The Morgan fingerprint density at radius 2 is 1.89 bits per heavy atom. The van der Waals surface area contributed by atoms with Gasteiger partial charge in [0.15, 0.2) is 5.60 Å². The van der Waals surface area contributed by atoms with Crippen molar-refractivity contribution in [1.82, 2.24) is 0 Å². The van der Waals surface area contributed by atoms with Crippen molar-refractivity contribution in [3.63, 3.8) is 0 Å². The van der Waals surface area contributed by atoms with Crippen molar-refractivity contribution in [2.24, 2.45) is 0 Å². The highest BCUT2D eigenvalue weighted by Gasteiger charge is 2.38. The van der Waals surface area contributed by atoms with Gasteiger partial charge in [-0.15, -0.1) is 0 Å². The third-order valence-corrected chi connectivity index (χ3v) is 2.84. The summed E-state index contributed by atoms with van der Waals surface area (Å²) in [4.78, 5) is 11.7. The minimum Gasteiger partial charge on any atom is -0.394 e. The molecule has 0 aliphatic rings. The van der Waals surface area contributed by atoms with Crippen LogP contribution in [0.2, 0.25) is 10.0 Å². The van der Waals surface area contributed by atoms with E-state index in [0.29, 0.717) is 10.0 Å². The summed E-state index contributed by atoms with van der Waals surface area (Å²) in [5, 5.41) is 30.8. The third kappa shape index (κ3) is 3.57. The van der Waals surface area contributed by atoms with Crippen LogP contribution in [0, 0.1) is 0 Å². The second-order valence-electron chi connectivity index (χ2n) is 3.96. The summed E-state index contributed by atoms with van der Waals surface area (Å²) in [6.07, 6.45) is -1.59. The number of hydrogen-bond donors (Lipinski definition) is 4. The third-order valence-electron chi connectivity index (χ3n) is 2.40. The van der Waals surface area contributed by atoms with E-state index in [1.54, 1.807) is 0 Å². The molecular weight excluding hydrogens is 281 g/mol. The van der Waals surface area contributed by atoms with Crippen LogP contribution >= 0.6 is 23.2 Å². The van der Waals surface area contributed by atoms with Gasteiger partial charge in [0.2, 0.25) is 0 Å². The number of anilines is 1. The topological polar surface area (TPSA) is 89.8 Å². The molecule has 0 heterocycles. The van der Waals surface area contributed by atoms with E-state index >= 15 is 0 Å². The molecule has 0 fully saturated rings. The molecular formula is C11H13Cl2NO4. The van der Waals surface area contributed by atoms with E-state index in [4.69, 9.17) is 28.3 Å². The number of hydrogen-bond acceptors (Lipinski definition) is 4. The van der Waals surface area contributed by atoms with Gasteiger partial charge in [0.05, 0.1) is 6.61 Å². The Labute approximate surface area is 114 Å². The van der Waals surface area contributed by atoms with Crippen LogP contribution in [0.4, 0.5) is 5.69 Å². The second-order valence-corrected chi connectivity index (χ2v) is 4.83. The molecule has 7 heteroatoms. The number of benzene rings is 1. The van der Waals surface area contributed by atoms with Gasteiger partial charge in [0.25, 0.3) is 5.91 Å². The van der Waals surface area contributed by atoms with Crippen molar-refractivity contribution in [1.29, 1.82) is 0 Å². The molecule has 1 aromatic rings. The summed E-state index contributed by atoms with van der Waals surface area (Å²) in [6.45, 7) is 0.353. The van der Waals surface area contributed by atoms with Gasteiger partial charge >= 0.3 is 0 Å². The van der Waals surface area contributed by atoms with Crippen LogP contribution in [-0.4, -0.2) is 39.5 Å². The van der Waals surface area contributed by atoms with E-state index in [9.17, 15) is 15.0 Å². The quantitative estimate of drug-likeness (QED) is 0.668. The minimum absolute atomic E-state index is 0.280. The predicted octanol–water partition coefficient (Wildman–Crippen LogP) is 1.04. The molecule has 0 bridgehead atoms. The van der Waals surface area contributed by atoms with Crippen LogP contribution in [-0.2, 0) is 4.79 Å². The highest BCUT2D eigenvalue weighted by Crippen LogP contribution is 2.23. The number of rotatable bonds is 4. The maximum Gasteiger partial charge on any atom is 0.258 e. The summed E-state index contributed by atoms with van der Waals surface area (Å²) in [7, 11) is 0. The monoisotopic (exact) mass is 293 g/mol. The van der Waals surface area contributed by atoms with Gasteiger partial charge in [-0.3, -0.25) is 4.79 Å². The molecule has 18 heavy (non-hydrogen) atoms. The molecule has 100 valence electrons. The van der Waals surface area contributed by atoms with Crippen LogP contribution in [0.25, 0.3) is 0 Å². The average molecular weight is 294 g/mol. The lowest BCUT2D eigenvalue weighted by molar-refractivity contribution is -0.147. The molecule has 1 unspecified atom stereocenters. The van der Waals surface area contributed by atoms with Crippen molar-refractivity contribution < 1.29 is 20.1 Å². The first kappa shape index (κ1) is 15.2. The van der Waals surface area contributed by atoms with Gasteiger partial charge in [0.1, 0.15) is 6.10 Å². The Morgan fingerprint density at radius 3 is 2.33 bits per heavy atom. The Morgan fingerprint density at radius 1 is 1.39 bits per heavy atom. The Kier molecular flexibility index (Phi) is 4.95. The molecule has 2 atom stereocenters. The largest absolute Gasteiger partial charge is 0.394 e. The lowest BCUT2D eigenvalue weighted by Gasteiger charge is -2.26. The number of amides is 1. The van der Waals surface area contributed by atoms with Gasteiger partial charge < -0.3 is 20.6 Å². The standard InChI is InChI=1S/C11H13Cl2NO4/c1-11(18,9(16)5-15)10(17)14-8-3-6(12)2-7(13)4-8/h2-4,9,15-16,18H,5H2,1H3,(H,14,17)/t9-,11?/m0/s1. The van der Waals surface area contributed by atoms with E-state index < -0.39 is 24.2 Å². The van der Waals surface area contributed by atoms with Crippen LogP contribution < -0.4 is 5.32 Å². The zero-order chi connectivity index (χ0) is 13.9. The molecule has 0 saturated carbocycles. The van der Waals surface area contributed by atoms with Crippen molar-refractivity contribution in [3.05, 3.63) is 28.2 Å². The second kappa shape index (κ2) is 5.86. The molecule has 0 aliphatic carbocycles. The minimum atomic E-state index is -2.12. The van der Waals surface area contributed by atoms with Gasteiger partial charge in [-0.25, -0.2) is 0 Å². The molecule has 4 N–H and O–H groups in total. The maximum absolute atomic E-state index is 11.7. The van der Waals surface area contributed by atoms with Gasteiger partial charge in [-0.05, 0) is 25.1 Å². The summed E-state index contributed by atoms with van der Waals surface area (Å²) >= 11 is 11.5. The SMILES string of the molecule is CC(O)(C(=O)Nc1cc(Cl)cc(Cl)c1)[C@@H](O)CO. The number of halogens is 2. The van der Waals surface area contributed by atoms with E-state index in [1.807, 2.05) is 0 Å². The molecule has 1 aromatic carbocycles. The van der Waals surface area contributed by atoms with E-state index in [1.165, 1.54) is 18.2 Å². The first-order valence-electron chi connectivity index (χ1n) is 5.06. The molecule has 0 aliphatic heterocycles. The first-order chi connectivity index (χ1) is 8.27. The summed E-state index contributed by atoms with van der Waals surface area (Å²) in [6, 6.07) is 4.36. The number of aliphatic hydroxyl groups excluding tert-OH is 2. The molecule has 1 amide bonds. The molecule has 5 nitrogen and oxygen atoms in total. The molecule has 0 radical (unpaired) electrons. The summed E-state index contributed by atoms with van der Waals surface area (Å²) in [5.41, 5.74) is -1.84. The Balaban J connectivity index is 2.87. The summed E-state index contributed by atoms with van der Waals surface area (Å²) in [5.74, 6) is -0.873. The van der Waals surface area contributed by atoms with Gasteiger partial charge in [-0.2, -0.15) is 0 Å². The molecule has 0 saturated heterocycles. The fraction of sp³-hybridized carbons (Fsp3) is 0.364. The fourth-order valence-electron chi connectivity index (χ4n) is 1.21. The Bertz CT molecular complexity index is 430. The number of aliphatic hydroxyl groups is 3. The average Bonchev–Trinajstić information content (AvgIpc) is 2.26. The number of carbonyl (C=O) groups excluding carboxylic acids is 1. The normalized spacial score (nSPS) is 15.9. The lowest BCUT2D eigenvalue weighted by Crippen LogP contribution is -2.51.